The van der Waals surface area contributed by atoms with Crippen LogP contribution in [0.25, 0.3) is 10.8 Å². The molecule has 3 nitrogen and oxygen atoms in total. The Hall–Kier alpha value is -2.33. The van der Waals surface area contributed by atoms with Crippen molar-refractivity contribution in [3.63, 3.8) is 0 Å². The van der Waals surface area contributed by atoms with Gasteiger partial charge in [-0.3, -0.25) is 4.21 Å². The largest absolute Gasteiger partial charge is 0.254 e. The highest BCUT2D eigenvalue weighted by Crippen LogP contribution is 2.49. The number of nitrogens with zero attached hydrogens (tertiary/aromatic N) is 2. The number of rotatable bonds is 2. The third kappa shape index (κ3) is 2.06. The number of hydrogen-bond acceptors (Lipinski definition) is 3. The van der Waals surface area contributed by atoms with Crippen LogP contribution in [0.2, 0.25) is 0 Å². The maximum absolute atomic E-state index is 13.5. The molecule has 0 saturated heterocycles. The van der Waals surface area contributed by atoms with Crippen LogP contribution in [0.3, 0.4) is 0 Å². The van der Waals surface area contributed by atoms with Crippen molar-refractivity contribution in [3.8, 4) is 0 Å². The summed E-state index contributed by atoms with van der Waals surface area (Å²) < 4.78 is 13.5. The molecule has 1 aliphatic heterocycles. The molecule has 0 saturated carbocycles. The molecule has 0 amide bonds. The van der Waals surface area contributed by atoms with Crippen molar-refractivity contribution in [2.75, 3.05) is 0 Å². The maximum atomic E-state index is 13.5. The second-order valence-electron chi connectivity index (χ2n) is 6.45. The summed E-state index contributed by atoms with van der Waals surface area (Å²) in [7, 11) is -1.32. The van der Waals surface area contributed by atoms with Gasteiger partial charge < -0.3 is 0 Å². The second kappa shape index (κ2) is 5.35. The summed E-state index contributed by atoms with van der Waals surface area (Å²) in [5.74, 6) is 0. The highest BCUT2D eigenvalue weighted by Gasteiger charge is 2.53. The summed E-state index contributed by atoms with van der Waals surface area (Å²) in [5, 5.41) is 11.2. The molecule has 0 fully saturated rings. The highest BCUT2D eigenvalue weighted by molar-refractivity contribution is 7.87. The molecule has 4 rings (SSSR count). The van der Waals surface area contributed by atoms with Crippen molar-refractivity contribution in [2.45, 2.75) is 23.6 Å². The van der Waals surface area contributed by atoms with Crippen LogP contribution in [-0.2, 0) is 15.7 Å². The Morgan fingerprint density at radius 2 is 1.46 bits per heavy atom. The van der Waals surface area contributed by atoms with Gasteiger partial charge >= 0.3 is 0 Å². The molecule has 0 unspecified atom stereocenters. The van der Waals surface area contributed by atoms with Crippen molar-refractivity contribution in [3.05, 3.63) is 83.9 Å². The van der Waals surface area contributed by atoms with Crippen LogP contribution < -0.4 is 0 Å². The van der Waals surface area contributed by atoms with Gasteiger partial charge in [-0.1, -0.05) is 72.8 Å². The normalized spacial score (nSPS) is 25.2. The maximum Gasteiger partial charge on any atom is 0.208 e. The highest BCUT2D eigenvalue weighted by atomic mass is 32.2. The Labute approximate surface area is 143 Å². The van der Waals surface area contributed by atoms with Crippen LogP contribution in [0.5, 0.6) is 0 Å². The lowest BCUT2D eigenvalue weighted by atomic mass is 9.93. The minimum atomic E-state index is -1.32. The van der Waals surface area contributed by atoms with E-state index in [0.29, 0.717) is 0 Å². The minimum absolute atomic E-state index is 0.715. The summed E-state index contributed by atoms with van der Waals surface area (Å²) >= 11 is 0. The monoisotopic (exact) mass is 334 g/mol. The topological polar surface area (TPSA) is 41.8 Å². The molecule has 3 aromatic carbocycles. The van der Waals surface area contributed by atoms with Gasteiger partial charge in [0.05, 0.1) is 10.8 Å². The first-order chi connectivity index (χ1) is 11.6. The van der Waals surface area contributed by atoms with Gasteiger partial charge in [-0.2, -0.15) is 10.2 Å². The number of benzene rings is 3. The zero-order valence-corrected chi connectivity index (χ0v) is 14.5. The standard InChI is InChI=1S/C20H18N2OS/c1-19(2)21-22-20(24(19)23,16-11-4-3-5-12-16)18-14-8-10-15-9-6-7-13-17(15)18/h3-14H,1-2H3/t20-,24+/m1/s1. The fourth-order valence-corrected chi connectivity index (χ4v) is 4.97. The summed E-state index contributed by atoms with van der Waals surface area (Å²) in [6.45, 7) is 3.75. The number of azo groups is 1. The smallest absolute Gasteiger partial charge is 0.208 e. The Morgan fingerprint density at radius 1 is 0.792 bits per heavy atom. The summed E-state index contributed by atoms with van der Waals surface area (Å²) in [4.78, 5) is -1.68. The molecule has 1 aliphatic rings. The lowest BCUT2D eigenvalue weighted by Gasteiger charge is -2.28. The van der Waals surface area contributed by atoms with Gasteiger partial charge in [-0.05, 0) is 30.2 Å². The van der Waals surface area contributed by atoms with Gasteiger partial charge in [0.25, 0.3) is 0 Å². The molecule has 0 aliphatic carbocycles. The lowest BCUT2D eigenvalue weighted by Crippen LogP contribution is -2.35. The van der Waals surface area contributed by atoms with E-state index in [4.69, 9.17) is 0 Å². The number of hydrogen-bond donors (Lipinski definition) is 0. The quantitative estimate of drug-likeness (QED) is 0.651. The molecule has 0 aromatic heterocycles. The summed E-state index contributed by atoms with van der Waals surface area (Å²) in [6.07, 6.45) is 0. The second-order valence-corrected chi connectivity index (χ2v) is 8.58. The lowest BCUT2D eigenvalue weighted by molar-refractivity contribution is 0.639. The van der Waals surface area contributed by atoms with E-state index in [0.717, 1.165) is 21.9 Å². The fraction of sp³-hybridized carbons (Fsp3) is 0.200. The Morgan fingerprint density at radius 3 is 2.17 bits per heavy atom. The van der Waals surface area contributed by atoms with Crippen LogP contribution >= 0.6 is 0 Å². The third-order valence-corrected chi connectivity index (χ3v) is 6.54. The molecule has 1 heterocycles. The molecule has 3 aromatic rings. The molecule has 0 N–H and O–H groups in total. The molecule has 2 atom stereocenters. The van der Waals surface area contributed by atoms with Gasteiger partial charge in [0.15, 0.2) is 4.87 Å². The van der Waals surface area contributed by atoms with E-state index in [2.05, 4.69) is 28.4 Å². The first-order valence-electron chi connectivity index (χ1n) is 7.95. The van der Waals surface area contributed by atoms with E-state index >= 15 is 0 Å². The first-order valence-corrected chi connectivity index (χ1v) is 9.10. The summed E-state index contributed by atoms with van der Waals surface area (Å²) in [5.41, 5.74) is 1.86. The molecular weight excluding hydrogens is 316 g/mol. The summed E-state index contributed by atoms with van der Waals surface area (Å²) in [6, 6.07) is 24.1. The van der Waals surface area contributed by atoms with Gasteiger partial charge in [-0.15, -0.1) is 0 Å². The predicted molar refractivity (Wildman–Crippen MR) is 98.2 cm³/mol. The van der Waals surface area contributed by atoms with Gasteiger partial charge in [0, 0.05) is 5.56 Å². The van der Waals surface area contributed by atoms with E-state index < -0.39 is 20.5 Å². The van der Waals surface area contributed by atoms with E-state index in [1.807, 2.05) is 68.4 Å². The fourth-order valence-electron chi connectivity index (χ4n) is 3.29. The molecule has 120 valence electrons. The van der Waals surface area contributed by atoms with E-state index in [-0.39, 0.29) is 0 Å². The van der Waals surface area contributed by atoms with Crippen LogP contribution in [0.4, 0.5) is 0 Å². The molecule has 0 bridgehead atoms. The SMILES string of the molecule is CC1(C)N=N[C@@](c2ccccc2)(c2cccc3ccccc23)[S@]1=O. The minimum Gasteiger partial charge on any atom is -0.254 e. The molecule has 0 spiro atoms. The number of fused-ring (bicyclic) bond motifs is 1. The average molecular weight is 334 g/mol. The third-order valence-electron chi connectivity index (χ3n) is 4.47. The average Bonchev–Trinajstić information content (AvgIpc) is 2.86. The first kappa shape index (κ1) is 15.2. The van der Waals surface area contributed by atoms with E-state index in [9.17, 15) is 4.21 Å². The molecule has 24 heavy (non-hydrogen) atoms. The predicted octanol–water partition coefficient (Wildman–Crippen LogP) is 4.99. The van der Waals surface area contributed by atoms with E-state index in [1.54, 1.807) is 0 Å². The Balaban J connectivity index is 2.09. The van der Waals surface area contributed by atoms with Crippen LogP contribution in [0.15, 0.2) is 83.0 Å². The van der Waals surface area contributed by atoms with Crippen molar-refractivity contribution in [1.82, 2.24) is 0 Å². The van der Waals surface area contributed by atoms with Crippen LogP contribution in [0, 0.1) is 0 Å². The van der Waals surface area contributed by atoms with Gasteiger partial charge in [0.2, 0.25) is 4.87 Å². The Bertz CT molecular complexity index is 960. The molecule has 4 heteroatoms. The Kier molecular flexibility index (Phi) is 3.39. The van der Waals surface area contributed by atoms with Crippen molar-refractivity contribution in [2.24, 2.45) is 10.2 Å². The zero-order valence-electron chi connectivity index (χ0n) is 13.6. The zero-order chi connectivity index (χ0) is 16.8. The van der Waals surface area contributed by atoms with Crippen LogP contribution in [0.1, 0.15) is 25.0 Å². The van der Waals surface area contributed by atoms with Gasteiger partial charge in [-0.25, -0.2) is 0 Å². The van der Waals surface area contributed by atoms with Crippen molar-refractivity contribution < 1.29 is 4.21 Å². The van der Waals surface area contributed by atoms with Gasteiger partial charge in [0.1, 0.15) is 0 Å². The van der Waals surface area contributed by atoms with Crippen molar-refractivity contribution in [1.29, 1.82) is 0 Å². The van der Waals surface area contributed by atoms with Crippen molar-refractivity contribution >= 4 is 21.6 Å². The van der Waals surface area contributed by atoms with E-state index in [1.165, 1.54) is 0 Å². The molecule has 0 radical (unpaired) electrons. The molecular formula is C20H18N2OS. The van der Waals surface area contributed by atoms with Crippen LogP contribution in [-0.4, -0.2) is 9.08 Å².